The van der Waals surface area contributed by atoms with Gasteiger partial charge in [-0.25, -0.2) is 15.0 Å². The van der Waals surface area contributed by atoms with Gasteiger partial charge in [0.1, 0.15) is 11.8 Å². The largest absolute Gasteiger partial charge is 0.472 e. The Hall–Kier alpha value is -2.37. The molecule has 0 aliphatic carbocycles. The first-order valence-electron chi connectivity index (χ1n) is 5.78. The number of rotatable bonds is 4. The molecule has 0 radical (unpaired) electrons. The summed E-state index contributed by atoms with van der Waals surface area (Å²) in [6, 6.07) is 1.95. The molecule has 0 spiro atoms. The van der Waals surface area contributed by atoms with E-state index in [1.54, 1.807) is 18.9 Å². The third kappa shape index (κ3) is 1.81. The van der Waals surface area contributed by atoms with Crippen molar-refractivity contribution >= 4 is 17.0 Å². The van der Waals surface area contributed by atoms with Crippen molar-refractivity contribution in [2.24, 2.45) is 0 Å². The Morgan fingerprint density at radius 3 is 3.06 bits per heavy atom. The highest BCUT2D eigenvalue weighted by Gasteiger charge is 2.13. The first kappa shape index (κ1) is 10.8. The summed E-state index contributed by atoms with van der Waals surface area (Å²) in [7, 11) is 0. The number of nitrogens with one attached hydrogen (secondary N) is 1. The minimum Gasteiger partial charge on any atom is -0.472 e. The number of hydrogen-bond donors (Lipinski definition) is 1. The maximum atomic E-state index is 5.09. The van der Waals surface area contributed by atoms with E-state index in [1.807, 2.05) is 6.07 Å². The number of hydrogen-bond acceptors (Lipinski definition) is 5. The van der Waals surface area contributed by atoms with Crippen LogP contribution in [-0.4, -0.2) is 26.5 Å². The first-order valence-corrected chi connectivity index (χ1v) is 5.78. The number of anilines is 1. The molecular weight excluding hydrogens is 230 g/mol. The van der Waals surface area contributed by atoms with Crippen molar-refractivity contribution in [1.82, 2.24) is 19.9 Å². The van der Waals surface area contributed by atoms with Crippen LogP contribution in [0.3, 0.4) is 0 Å². The Morgan fingerprint density at radius 2 is 2.28 bits per heavy atom. The second-order valence-electron chi connectivity index (χ2n) is 3.94. The lowest BCUT2D eigenvalue weighted by Crippen LogP contribution is -2.23. The molecule has 0 saturated heterocycles. The Balaban J connectivity index is 1.98. The molecule has 6 nitrogen and oxygen atoms in total. The molecule has 0 aliphatic rings. The summed E-state index contributed by atoms with van der Waals surface area (Å²) in [5.41, 5.74) is 2.66. The highest BCUT2D eigenvalue weighted by molar-refractivity contribution is 5.82. The van der Waals surface area contributed by atoms with Crippen LogP contribution in [0.15, 0.2) is 35.7 Å². The normalized spacial score (nSPS) is 10.9. The van der Waals surface area contributed by atoms with Crippen LogP contribution in [0.25, 0.3) is 11.2 Å². The van der Waals surface area contributed by atoms with E-state index in [4.69, 9.17) is 4.42 Å². The number of nitrogens with zero attached hydrogens (tertiary/aromatic N) is 4. The first-order chi connectivity index (χ1) is 8.88. The van der Waals surface area contributed by atoms with Crippen molar-refractivity contribution < 1.29 is 4.42 Å². The van der Waals surface area contributed by atoms with Crippen molar-refractivity contribution in [3.05, 3.63) is 36.8 Å². The number of fused-ring (bicyclic) bond motifs is 1. The third-order valence-corrected chi connectivity index (χ3v) is 2.84. The lowest BCUT2D eigenvalue weighted by Gasteiger charge is -2.21. The fourth-order valence-corrected chi connectivity index (χ4v) is 1.93. The topological polar surface area (TPSA) is 70.8 Å². The van der Waals surface area contributed by atoms with E-state index >= 15 is 0 Å². The van der Waals surface area contributed by atoms with E-state index in [1.165, 1.54) is 6.33 Å². The van der Waals surface area contributed by atoms with Gasteiger partial charge >= 0.3 is 0 Å². The van der Waals surface area contributed by atoms with Crippen molar-refractivity contribution in [1.29, 1.82) is 0 Å². The number of aromatic nitrogens is 4. The summed E-state index contributed by atoms with van der Waals surface area (Å²) in [5, 5.41) is 0. The van der Waals surface area contributed by atoms with Crippen LogP contribution < -0.4 is 4.90 Å². The summed E-state index contributed by atoms with van der Waals surface area (Å²) >= 11 is 0. The summed E-state index contributed by atoms with van der Waals surface area (Å²) in [4.78, 5) is 17.8. The minimum absolute atomic E-state index is 0.686. The van der Waals surface area contributed by atoms with Gasteiger partial charge in [-0.05, 0) is 13.0 Å². The van der Waals surface area contributed by atoms with Crippen molar-refractivity contribution in [3.63, 3.8) is 0 Å². The molecule has 3 aromatic heterocycles. The predicted octanol–water partition coefficient (Wildman–Crippen LogP) is 1.97. The van der Waals surface area contributed by atoms with E-state index in [0.717, 1.165) is 30.0 Å². The second-order valence-corrected chi connectivity index (χ2v) is 3.94. The van der Waals surface area contributed by atoms with Crippen LogP contribution in [0.5, 0.6) is 0 Å². The van der Waals surface area contributed by atoms with E-state index < -0.39 is 0 Å². The molecule has 18 heavy (non-hydrogen) atoms. The zero-order chi connectivity index (χ0) is 12.4. The fraction of sp³-hybridized carbons (Fsp3) is 0.250. The van der Waals surface area contributed by atoms with E-state index in [2.05, 4.69) is 31.8 Å². The molecule has 0 aromatic carbocycles. The molecule has 0 bridgehead atoms. The third-order valence-electron chi connectivity index (χ3n) is 2.84. The Labute approximate surface area is 104 Å². The Bertz CT molecular complexity index is 631. The molecule has 0 aliphatic heterocycles. The smallest absolute Gasteiger partial charge is 0.182 e. The Kier molecular flexibility index (Phi) is 2.68. The lowest BCUT2D eigenvalue weighted by atomic mass is 10.3. The molecule has 0 amide bonds. The van der Waals surface area contributed by atoms with Gasteiger partial charge in [0.25, 0.3) is 0 Å². The standard InChI is InChI=1S/C12H13N5O/c1-2-17(5-9-3-4-18-6-9)12-10-11(14-7-13-10)15-8-16-12/h3-4,6-8H,2,5H2,1H3,(H,13,14,15,16). The van der Waals surface area contributed by atoms with Gasteiger partial charge in [-0.1, -0.05) is 0 Å². The van der Waals surface area contributed by atoms with Crippen molar-refractivity contribution in [2.75, 3.05) is 11.4 Å². The highest BCUT2D eigenvalue weighted by Crippen LogP contribution is 2.21. The molecule has 0 atom stereocenters. The van der Waals surface area contributed by atoms with Crippen LogP contribution in [-0.2, 0) is 6.54 Å². The quantitative estimate of drug-likeness (QED) is 0.758. The SMILES string of the molecule is CCN(Cc1ccoc1)c1ncnc2nc[nH]c12. The maximum absolute atomic E-state index is 5.09. The predicted molar refractivity (Wildman–Crippen MR) is 67.1 cm³/mol. The molecule has 1 N–H and O–H groups in total. The summed E-state index contributed by atoms with van der Waals surface area (Å²) in [6.07, 6.45) is 6.59. The number of imidazole rings is 1. The zero-order valence-corrected chi connectivity index (χ0v) is 10.00. The van der Waals surface area contributed by atoms with Crippen molar-refractivity contribution in [3.8, 4) is 0 Å². The summed E-state index contributed by atoms with van der Waals surface area (Å²) in [5.74, 6) is 0.862. The maximum Gasteiger partial charge on any atom is 0.182 e. The van der Waals surface area contributed by atoms with Crippen LogP contribution >= 0.6 is 0 Å². The van der Waals surface area contributed by atoms with Crippen LogP contribution in [0, 0.1) is 0 Å². The zero-order valence-electron chi connectivity index (χ0n) is 10.00. The van der Waals surface area contributed by atoms with Crippen molar-refractivity contribution in [2.45, 2.75) is 13.5 Å². The molecular formula is C12H13N5O. The molecule has 3 heterocycles. The van der Waals surface area contributed by atoms with Crippen LogP contribution in [0.1, 0.15) is 12.5 Å². The summed E-state index contributed by atoms with van der Waals surface area (Å²) < 4.78 is 5.09. The molecule has 3 rings (SSSR count). The van der Waals surface area contributed by atoms with Gasteiger partial charge < -0.3 is 14.3 Å². The van der Waals surface area contributed by atoms with Gasteiger partial charge in [0, 0.05) is 18.7 Å². The molecule has 0 fully saturated rings. The van der Waals surface area contributed by atoms with Gasteiger partial charge in [0.2, 0.25) is 0 Å². The van der Waals surface area contributed by atoms with Gasteiger partial charge in [-0.3, -0.25) is 0 Å². The van der Waals surface area contributed by atoms with Crippen LogP contribution in [0.2, 0.25) is 0 Å². The molecule has 0 saturated carbocycles. The highest BCUT2D eigenvalue weighted by atomic mass is 16.3. The van der Waals surface area contributed by atoms with Gasteiger partial charge in [-0.15, -0.1) is 0 Å². The molecule has 6 heteroatoms. The lowest BCUT2D eigenvalue weighted by molar-refractivity contribution is 0.563. The minimum atomic E-state index is 0.686. The second kappa shape index (κ2) is 4.48. The number of H-pyrrole nitrogens is 1. The average Bonchev–Trinajstić information content (AvgIpc) is 3.06. The van der Waals surface area contributed by atoms with E-state index in [0.29, 0.717) is 5.65 Å². The number of aromatic amines is 1. The van der Waals surface area contributed by atoms with Gasteiger partial charge in [0.15, 0.2) is 11.5 Å². The molecule has 0 unspecified atom stereocenters. The number of furan rings is 1. The molecule has 3 aromatic rings. The van der Waals surface area contributed by atoms with E-state index in [9.17, 15) is 0 Å². The van der Waals surface area contributed by atoms with Gasteiger partial charge in [-0.2, -0.15) is 0 Å². The van der Waals surface area contributed by atoms with Gasteiger partial charge in [0.05, 0.1) is 18.9 Å². The fourth-order valence-electron chi connectivity index (χ4n) is 1.93. The monoisotopic (exact) mass is 243 g/mol. The van der Waals surface area contributed by atoms with E-state index in [-0.39, 0.29) is 0 Å². The summed E-state index contributed by atoms with van der Waals surface area (Å²) in [6.45, 7) is 3.68. The molecule has 92 valence electrons. The Morgan fingerprint density at radius 1 is 1.33 bits per heavy atom. The van der Waals surface area contributed by atoms with Crippen LogP contribution in [0.4, 0.5) is 5.82 Å². The average molecular weight is 243 g/mol.